The number of ketones is 3. The molecule has 0 spiro atoms. The van der Waals surface area contributed by atoms with E-state index < -0.39 is 0 Å². The number of methoxy groups -OCH3 is 3. The zero-order valence-corrected chi connectivity index (χ0v) is 58.9. The van der Waals surface area contributed by atoms with Crippen LogP contribution in [0.5, 0.6) is 0 Å². The minimum Gasteiger partial charge on any atom is -0.489 e. The van der Waals surface area contributed by atoms with Crippen molar-refractivity contribution < 1.29 is 57.2 Å². The summed E-state index contributed by atoms with van der Waals surface area (Å²) in [5, 5.41) is 10.9. The molecule has 100 heavy (non-hydrogen) atoms. The lowest BCUT2D eigenvalue weighted by atomic mass is 9.61. The van der Waals surface area contributed by atoms with Crippen LogP contribution in [0, 0.1) is 51.8 Å². The van der Waals surface area contributed by atoms with Gasteiger partial charge in [-0.3, -0.25) is 43.7 Å². The number of carbonyl (C=O) groups excluding carboxylic acids is 6. The standard InChI is InChI=1S/C30H32N2O4.C26H32N2O4.C26H30N2O4/c1-17(33)32-15-18-11-25(34)23-13-19-7-9-30(2)24(29(19)36-26(23)12-18)14-27(35-3)28(30)22-6-4-5-20-16-31-10-8-21(20)22;2*1-15(29)28-13-16-9-21(30)19-11-17-6-7-26(2)20(25(17)32-22(19)10-16)12-23(31-3)24(26)18-5-4-8-27-14-18/h4-10,13,16,18,24,27-29H,11-12,14-15H2,1-3H3,(H,32,33);4-5,8,11,14,16,20,23-25H,6-7,9-10,12-13H2,1-3H3,(H,28,29);4-8,11,14,16,20,23-25H,9-10,12-13H2,1-3H3,(H,28,29)/t18?,24-,27+,28-,29+,30-;2*16?,20-,23+,24-,25+,26-/m000/s1. The second kappa shape index (κ2) is 27.8. The first-order valence-corrected chi connectivity index (χ1v) is 35.9. The zero-order chi connectivity index (χ0) is 69.9. The number of hydrogen-bond donors (Lipinski definition) is 3. The van der Waals surface area contributed by atoms with E-state index in [1.54, 1.807) is 27.5 Å². The number of pyridine rings is 3. The lowest BCUT2D eigenvalue weighted by Crippen LogP contribution is -2.44. The Kier molecular flexibility index (Phi) is 19.1. The van der Waals surface area contributed by atoms with E-state index >= 15 is 0 Å². The van der Waals surface area contributed by atoms with Crippen molar-refractivity contribution in [2.75, 3.05) is 41.0 Å². The van der Waals surface area contributed by atoms with E-state index in [1.807, 2.05) is 49.2 Å². The van der Waals surface area contributed by atoms with Gasteiger partial charge in [0.2, 0.25) is 17.7 Å². The number of Topliss-reactive ketones (excluding diaryl/α,β-unsaturated/α-hetero) is 3. The highest BCUT2D eigenvalue weighted by Gasteiger charge is 2.61. The molecule has 18 nitrogen and oxygen atoms in total. The molecule has 4 fully saturated rings. The third kappa shape index (κ3) is 12.7. The van der Waals surface area contributed by atoms with Crippen molar-refractivity contribution in [3.8, 4) is 0 Å². The summed E-state index contributed by atoms with van der Waals surface area (Å²) in [6.45, 7) is 13.0. The monoisotopic (exact) mass is 1350 g/mol. The molecule has 3 aromatic heterocycles. The van der Waals surface area contributed by atoms with Gasteiger partial charge in [-0.25, -0.2) is 0 Å². The van der Waals surface area contributed by atoms with Gasteiger partial charge in [0, 0.05) is 189 Å². The highest BCUT2D eigenvalue weighted by Crippen LogP contribution is 2.65. The maximum absolute atomic E-state index is 13.0. The number of amides is 3. The molecule has 0 bridgehead atoms. The van der Waals surface area contributed by atoms with Crippen LogP contribution >= 0.6 is 0 Å². The summed E-state index contributed by atoms with van der Waals surface area (Å²) in [4.78, 5) is 85.8. The number of allylic oxidation sites excluding steroid dienone is 11. The summed E-state index contributed by atoms with van der Waals surface area (Å²) in [7, 11) is 5.39. The Bertz CT molecular complexity index is 4180. The lowest BCUT2D eigenvalue weighted by molar-refractivity contribution is -0.121. The van der Waals surface area contributed by atoms with Gasteiger partial charge < -0.3 is 44.4 Å². The zero-order valence-electron chi connectivity index (χ0n) is 58.9. The van der Waals surface area contributed by atoms with Gasteiger partial charge in [-0.05, 0) is 130 Å². The van der Waals surface area contributed by atoms with Gasteiger partial charge in [-0.1, -0.05) is 75.4 Å². The van der Waals surface area contributed by atoms with Crippen molar-refractivity contribution in [3.63, 3.8) is 0 Å². The topological polar surface area (TPSA) is 233 Å². The van der Waals surface area contributed by atoms with Crippen LogP contribution in [0.4, 0.5) is 0 Å². The maximum Gasteiger partial charge on any atom is 0.216 e. The van der Waals surface area contributed by atoms with Gasteiger partial charge in [0.05, 0.1) is 35.0 Å². The lowest BCUT2D eigenvalue weighted by Gasteiger charge is -2.48. The largest absolute Gasteiger partial charge is 0.489 e. The maximum atomic E-state index is 13.0. The van der Waals surface area contributed by atoms with Crippen LogP contribution in [-0.2, 0) is 57.2 Å². The molecule has 16 rings (SSSR count). The molecular formula is C82H94N6O12. The second-order valence-corrected chi connectivity index (χ2v) is 30.7. The number of nitrogens with zero attached hydrogens (tertiary/aromatic N) is 3. The molecule has 4 saturated carbocycles. The summed E-state index contributed by atoms with van der Waals surface area (Å²) in [5.41, 5.74) is 8.97. The smallest absolute Gasteiger partial charge is 0.216 e. The highest BCUT2D eigenvalue weighted by molar-refractivity contribution is 6.01. The number of rotatable bonds is 12. The van der Waals surface area contributed by atoms with E-state index in [-0.39, 0.29) is 135 Å². The van der Waals surface area contributed by atoms with E-state index in [0.717, 1.165) is 71.5 Å². The molecule has 0 radical (unpaired) electrons. The van der Waals surface area contributed by atoms with Crippen molar-refractivity contribution in [2.45, 2.75) is 167 Å². The van der Waals surface area contributed by atoms with Crippen LogP contribution in [0.2, 0.25) is 0 Å². The third-order valence-corrected chi connectivity index (χ3v) is 24.8. The molecule has 3 N–H and O–H groups in total. The van der Waals surface area contributed by atoms with Gasteiger partial charge in [-0.15, -0.1) is 0 Å². The van der Waals surface area contributed by atoms with Gasteiger partial charge in [0.1, 0.15) is 35.6 Å². The average molecular weight is 1360 g/mol. The van der Waals surface area contributed by atoms with Crippen LogP contribution in [0.25, 0.3) is 10.8 Å². The summed E-state index contributed by atoms with van der Waals surface area (Å²) in [5.74, 6) is 4.09. The predicted molar refractivity (Wildman–Crippen MR) is 376 cm³/mol. The Labute approximate surface area is 586 Å². The number of benzene rings is 1. The van der Waals surface area contributed by atoms with Crippen LogP contribution in [0.1, 0.15) is 147 Å². The van der Waals surface area contributed by atoms with E-state index in [1.165, 1.54) is 48.4 Å². The van der Waals surface area contributed by atoms with Crippen LogP contribution in [-0.4, -0.2) is 128 Å². The predicted octanol–water partition coefficient (Wildman–Crippen LogP) is 11.8. The molecule has 3 amide bonds. The molecule has 524 valence electrons. The summed E-state index contributed by atoms with van der Waals surface area (Å²) in [6.07, 6.45) is 34.5. The Morgan fingerprint density at radius 1 is 0.510 bits per heavy atom. The molecule has 18 atom stereocenters. The van der Waals surface area contributed by atoms with Crippen molar-refractivity contribution >= 4 is 45.8 Å². The molecule has 6 heterocycles. The normalized spacial score (nSPS) is 34.7. The minimum atomic E-state index is -0.174. The van der Waals surface area contributed by atoms with Gasteiger partial charge >= 0.3 is 0 Å². The van der Waals surface area contributed by atoms with Crippen LogP contribution < -0.4 is 16.0 Å². The number of nitrogens with one attached hydrogen (secondary N) is 3. The van der Waals surface area contributed by atoms with Crippen molar-refractivity contribution in [2.24, 2.45) is 51.8 Å². The summed E-state index contributed by atoms with van der Waals surface area (Å²) < 4.78 is 38.1. The molecular weight excluding hydrogens is 1260 g/mol. The van der Waals surface area contributed by atoms with E-state index in [9.17, 15) is 28.8 Å². The Balaban J connectivity index is 0.000000128. The molecule has 1 aromatic carbocycles. The summed E-state index contributed by atoms with van der Waals surface area (Å²) >= 11 is 0. The Morgan fingerprint density at radius 3 is 1.45 bits per heavy atom. The Morgan fingerprint density at radius 2 is 0.960 bits per heavy atom. The molecule has 4 aromatic rings. The van der Waals surface area contributed by atoms with Crippen molar-refractivity contribution in [1.82, 2.24) is 30.9 Å². The fourth-order valence-electron chi connectivity index (χ4n) is 19.9. The second-order valence-electron chi connectivity index (χ2n) is 30.7. The average Bonchev–Trinajstić information content (AvgIpc) is 1.54. The van der Waals surface area contributed by atoms with Gasteiger partial charge in [0.25, 0.3) is 0 Å². The number of fused-ring (bicyclic) bond motifs is 10. The number of ether oxygens (including phenoxy) is 6. The SMILES string of the molecule is CO[C@@H]1C[C@H]2[C@@H]3OC4=C(C=C3C=C[C@]2(C)[C@H]1c1cccc2cnccc12)C(=O)CC(CNC(C)=O)C4.CO[C@@H]1C[C@H]2[C@@H]3OC4=C(C=C3C=C[C@]2(C)[C@H]1c1cccnc1)C(=O)CC(CNC(C)=O)C4.CO[C@@H]1C[C@H]2[C@@H]3OC4=C(C=C3CC[C@]2(C)[C@H]1c1cccnc1)C(=O)CC(CNC(C)=O)C4. The molecule has 12 aliphatic rings. The van der Waals surface area contributed by atoms with E-state index in [2.05, 4.69) is 125 Å². The number of hydrogen-bond acceptors (Lipinski definition) is 15. The Hall–Kier alpha value is -8.45. The first kappa shape index (κ1) is 68.7. The van der Waals surface area contributed by atoms with Crippen molar-refractivity contribution in [3.05, 3.63) is 196 Å². The fraction of sp³-hybridized carbons (Fsp3) is 0.500. The van der Waals surface area contributed by atoms with E-state index in [0.29, 0.717) is 75.2 Å². The van der Waals surface area contributed by atoms with Crippen molar-refractivity contribution in [1.29, 1.82) is 0 Å². The molecule has 3 aliphatic heterocycles. The minimum absolute atomic E-state index is 0.0147. The molecule has 18 heteroatoms. The fourth-order valence-corrected chi connectivity index (χ4v) is 19.9. The first-order valence-electron chi connectivity index (χ1n) is 35.9. The van der Waals surface area contributed by atoms with Gasteiger partial charge in [-0.2, -0.15) is 0 Å². The first-order chi connectivity index (χ1) is 48.2. The van der Waals surface area contributed by atoms with E-state index in [4.69, 9.17) is 28.4 Å². The van der Waals surface area contributed by atoms with Gasteiger partial charge in [0.15, 0.2) is 17.3 Å². The summed E-state index contributed by atoms with van der Waals surface area (Å²) in [6, 6.07) is 16.8. The van der Waals surface area contributed by atoms with Crippen LogP contribution in [0.15, 0.2) is 179 Å². The highest BCUT2D eigenvalue weighted by atomic mass is 16.5. The number of aromatic nitrogens is 3. The quantitative estimate of drug-likeness (QED) is 0.120. The third-order valence-electron chi connectivity index (χ3n) is 24.8. The van der Waals surface area contributed by atoms with Crippen LogP contribution in [0.3, 0.4) is 0 Å². The number of carbonyl (C=O) groups is 6. The molecule has 9 aliphatic carbocycles. The molecule has 3 unspecified atom stereocenters. The molecule has 0 saturated heterocycles.